The molecule has 0 bridgehead atoms. The van der Waals surface area contributed by atoms with Crippen molar-refractivity contribution < 1.29 is 14.3 Å². The van der Waals surface area contributed by atoms with Gasteiger partial charge in [0.15, 0.2) is 0 Å². The van der Waals surface area contributed by atoms with E-state index in [1.807, 2.05) is 6.07 Å². The van der Waals surface area contributed by atoms with Crippen LogP contribution < -0.4 is 9.47 Å². The molecule has 0 saturated carbocycles. The average Bonchev–Trinajstić information content (AvgIpc) is 2.59. The SMILES string of the molecule is COc1ccc(/C=C(\C#N)C(=O)c2ccc(OC)cc2)cc1. The summed E-state index contributed by atoms with van der Waals surface area (Å²) in [5.74, 6) is 1.06. The lowest BCUT2D eigenvalue weighted by atomic mass is 10.0. The number of nitrogens with zero attached hydrogens (tertiary/aromatic N) is 1. The van der Waals surface area contributed by atoms with Crippen LogP contribution in [0.1, 0.15) is 15.9 Å². The summed E-state index contributed by atoms with van der Waals surface area (Å²) in [6.07, 6.45) is 1.56. The Kier molecular flexibility index (Phi) is 4.94. The number of methoxy groups -OCH3 is 2. The van der Waals surface area contributed by atoms with E-state index in [-0.39, 0.29) is 11.4 Å². The molecule has 0 amide bonds. The van der Waals surface area contributed by atoms with Crippen molar-refractivity contribution in [3.05, 3.63) is 65.2 Å². The van der Waals surface area contributed by atoms with Crippen LogP contribution in [0, 0.1) is 11.3 Å². The van der Waals surface area contributed by atoms with Crippen LogP contribution >= 0.6 is 0 Å². The van der Waals surface area contributed by atoms with Crippen LogP contribution in [-0.4, -0.2) is 20.0 Å². The second-order valence-electron chi connectivity index (χ2n) is 4.50. The van der Waals surface area contributed by atoms with Crippen LogP contribution in [0.3, 0.4) is 0 Å². The summed E-state index contributed by atoms with van der Waals surface area (Å²) in [7, 11) is 3.14. The van der Waals surface area contributed by atoms with Gasteiger partial charge in [0.1, 0.15) is 23.1 Å². The van der Waals surface area contributed by atoms with E-state index in [0.29, 0.717) is 11.3 Å². The van der Waals surface area contributed by atoms with Gasteiger partial charge in [-0.25, -0.2) is 0 Å². The molecule has 0 fully saturated rings. The average molecular weight is 293 g/mol. The highest BCUT2D eigenvalue weighted by Crippen LogP contribution is 2.18. The van der Waals surface area contributed by atoms with Gasteiger partial charge in [0.2, 0.25) is 5.78 Å². The van der Waals surface area contributed by atoms with Gasteiger partial charge in [0.05, 0.1) is 14.2 Å². The number of Topliss-reactive ketones (excluding diaryl/α,β-unsaturated/α-hetero) is 1. The van der Waals surface area contributed by atoms with Crippen LogP contribution in [0.5, 0.6) is 11.5 Å². The molecular formula is C18H15NO3. The summed E-state index contributed by atoms with van der Waals surface area (Å²) >= 11 is 0. The normalized spacial score (nSPS) is 10.7. The highest BCUT2D eigenvalue weighted by Gasteiger charge is 2.12. The largest absolute Gasteiger partial charge is 0.497 e. The minimum absolute atomic E-state index is 0.0790. The minimum atomic E-state index is -0.319. The van der Waals surface area contributed by atoms with E-state index in [1.165, 1.54) is 0 Å². The maximum absolute atomic E-state index is 12.3. The minimum Gasteiger partial charge on any atom is -0.497 e. The molecule has 0 saturated heterocycles. The topological polar surface area (TPSA) is 59.3 Å². The number of hydrogen-bond donors (Lipinski definition) is 0. The Bertz CT molecular complexity index is 722. The number of carbonyl (C=O) groups excluding carboxylic acids is 1. The molecule has 0 aliphatic heterocycles. The summed E-state index contributed by atoms with van der Waals surface area (Å²) in [5, 5.41) is 9.23. The molecule has 110 valence electrons. The lowest BCUT2D eigenvalue weighted by molar-refractivity contribution is 0.104. The van der Waals surface area contributed by atoms with Crippen LogP contribution in [0.2, 0.25) is 0 Å². The van der Waals surface area contributed by atoms with Crippen molar-refractivity contribution >= 4 is 11.9 Å². The van der Waals surface area contributed by atoms with Gasteiger partial charge in [0.25, 0.3) is 0 Å². The molecule has 0 aliphatic rings. The van der Waals surface area contributed by atoms with E-state index < -0.39 is 0 Å². The second-order valence-corrected chi connectivity index (χ2v) is 4.50. The summed E-state index contributed by atoms with van der Waals surface area (Å²) in [5.41, 5.74) is 1.29. The van der Waals surface area contributed by atoms with E-state index >= 15 is 0 Å². The maximum Gasteiger partial charge on any atom is 0.203 e. The Morgan fingerprint density at radius 2 is 1.45 bits per heavy atom. The first-order valence-corrected chi connectivity index (χ1v) is 6.62. The molecule has 0 radical (unpaired) electrons. The quantitative estimate of drug-likeness (QED) is 0.481. The van der Waals surface area contributed by atoms with Crippen molar-refractivity contribution in [1.82, 2.24) is 0 Å². The molecule has 22 heavy (non-hydrogen) atoms. The van der Waals surface area contributed by atoms with Gasteiger partial charge in [-0.15, -0.1) is 0 Å². The van der Waals surface area contributed by atoms with Crippen molar-refractivity contribution in [1.29, 1.82) is 5.26 Å². The second kappa shape index (κ2) is 7.09. The van der Waals surface area contributed by atoms with Crippen molar-refractivity contribution in [3.63, 3.8) is 0 Å². The zero-order valence-corrected chi connectivity index (χ0v) is 12.4. The van der Waals surface area contributed by atoms with Crippen LogP contribution in [0.25, 0.3) is 6.08 Å². The number of allylic oxidation sites excluding steroid dienone is 1. The van der Waals surface area contributed by atoms with Gasteiger partial charge >= 0.3 is 0 Å². The van der Waals surface area contributed by atoms with Gasteiger partial charge in [-0.3, -0.25) is 4.79 Å². The zero-order valence-electron chi connectivity index (χ0n) is 12.4. The third kappa shape index (κ3) is 3.53. The summed E-state index contributed by atoms with van der Waals surface area (Å²) in [6, 6.07) is 15.7. The Hall–Kier alpha value is -3.06. The van der Waals surface area contributed by atoms with E-state index in [0.717, 1.165) is 11.3 Å². The fraction of sp³-hybridized carbons (Fsp3) is 0.111. The molecule has 0 N–H and O–H groups in total. The third-order valence-corrected chi connectivity index (χ3v) is 3.14. The maximum atomic E-state index is 12.3. The van der Waals surface area contributed by atoms with E-state index in [2.05, 4.69) is 0 Å². The molecule has 0 heterocycles. The van der Waals surface area contributed by atoms with Crippen LogP contribution in [-0.2, 0) is 0 Å². The van der Waals surface area contributed by atoms with Crippen LogP contribution in [0.15, 0.2) is 54.1 Å². The highest BCUT2D eigenvalue weighted by atomic mass is 16.5. The van der Waals surface area contributed by atoms with E-state index in [9.17, 15) is 10.1 Å². The van der Waals surface area contributed by atoms with Gasteiger partial charge in [0, 0.05) is 5.56 Å². The molecule has 0 atom stereocenters. The molecule has 0 unspecified atom stereocenters. The summed E-state index contributed by atoms with van der Waals surface area (Å²) < 4.78 is 10.1. The summed E-state index contributed by atoms with van der Waals surface area (Å²) in [4.78, 5) is 12.3. The third-order valence-electron chi connectivity index (χ3n) is 3.14. The van der Waals surface area contributed by atoms with E-state index in [4.69, 9.17) is 9.47 Å². The molecule has 2 aromatic rings. The Balaban J connectivity index is 2.27. The van der Waals surface area contributed by atoms with E-state index in [1.54, 1.807) is 68.8 Å². The molecule has 4 nitrogen and oxygen atoms in total. The predicted molar refractivity (Wildman–Crippen MR) is 83.9 cm³/mol. The van der Waals surface area contributed by atoms with Gasteiger partial charge in [-0.2, -0.15) is 5.26 Å². The zero-order chi connectivity index (χ0) is 15.9. The highest BCUT2D eigenvalue weighted by molar-refractivity contribution is 6.14. The van der Waals surface area contributed by atoms with Crippen molar-refractivity contribution in [2.24, 2.45) is 0 Å². The molecule has 2 aromatic carbocycles. The number of hydrogen-bond acceptors (Lipinski definition) is 4. The number of ether oxygens (including phenoxy) is 2. The number of nitriles is 1. The fourth-order valence-electron chi connectivity index (χ4n) is 1.91. The number of benzene rings is 2. The van der Waals surface area contributed by atoms with Gasteiger partial charge < -0.3 is 9.47 Å². The Morgan fingerprint density at radius 3 is 1.91 bits per heavy atom. The Morgan fingerprint density at radius 1 is 0.955 bits per heavy atom. The first kappa shape index (κ1) is 15.3. The van der Waals surface area contributed by atoms with Crippen molar-refractivity contribution in [2.45, 2.75) is 0 Å². The number of ketones is 1. The number of rotatable bonds is 5. The first-order chi connectivity index (χ1) is 10.7. The number of carbonyl (C=O) groups is 1. The lowest BCUT2D eigenvalue weighted by Gasteiger charge is -2.03. The monoisotopic (exact) mass is 293 g/mol. The van der Waals surface area contributed by atoms with Crippen LogP contribution in [0.4, 0.5) is 0 Å². The molecule has 0 aromatic heterocycles. The van der Waals surface area contributed by atoms with Crippen molar-refractivity contribution in [2.75, 3.05) is 14.2 Å². The standard InChI is InChI=1S/C18H15NO3/c1-21-16-7-3-13(4-8-16)11-15(12-19)18(20)14-5-9-17(22-2)10-6-14/h3-11H,1-2H3/b15-11+. The molecule has 2 rings (SSSR count). The van der Waals surface area contributed by atoms with Gasteiger partial charge in [-0.1, -0.05) is 12.1 Å². The molecule has 4 heteroatoms. The summed E-state index contributed by atoms with van der Waals surface area (Å²) in [6.45, 7) is 0. The molecule has 0 spiro atoms. The predicted octanol–water partition coefficient (Wildman–Crippen LogP) is 3.49. The lowest BCUT2D eigenvalue weighted by Crippen LogP contribution is -2.01. The smallest absolute Gasteiger partial charge is 0.203 e. The molecular weight excluding hydrogens is 278 g/mol. The van der Waals surface area contributed by atoms with Gasteiger partial charge in [-0.05, 0) is 48.0 Å². The van der Waals surface area contributed by atoms with Crippen molar-refractivity contribution in [3.8, 4) is 17.6 Å². The fourth-order valence-corrected chi connectivity index (χ4v) is 1.91. The Labute approximate surface area is 129 Å². The first-order valence-electron chi connectivity index (χ1n) is 6.62. The molecule has 0 aliphatic carbocycles.